The monoisotopic (exact) mass is 258 g/mol. The van der Waals surface area contributed by atoms with Crippen molar-refractivity contribution in [2.24, 2.45) is 0 Å². The van der Waals surface area contributed by atoms with Crippen molar-refractivity contribution in [3.8, 4) is 0 Å². The number of nitrogens with one attached hydrogen (secondary N) is 2. The number of rotatable bonds is 4. The van der Waals surface area contributed by atoms with Crippen LogP contribution in [0.3, 0.4) is 0 Å². The lowest BCUT2D eigenvalue weighted by atomic mass is 10.0. The van der Waals surface area contributed by atoms with E-state index in [-0.39, 0.29) is 12.3 Å². The van der Waals surface area contributed by atoms with Crippen LogP contribution in [0, 0.1) is 11.6 Å². The molecule has 1 aromatic carbocycles. The molecule has 1 aromatic rings. The van der Waals surface area contributed by atoms with Gasteiger partial charge in [0.25, 0.3) is 0 Å². The Labute approximate surface area is 104 Å². The first-order valence-electron chi connectivity index (χ1n) is 5.55. The number of halogens is 2. The molecule has 6 heteroatoms. The van der Waals surface area contributed by atoms with Crippen molar-refractivity contribution in [3.63, 3.8) is 0 Å². The molecule has 0 saturated heterocycles. The number of hydrogen-bond donors (Lipinski definition) is 3. The fourth-order valence-corrected chi connectivity index (χ4v) is 1.26. The van der Waals surface area contributed by atoms with Gasteiger partial charge in [-0.3, -0.25) is 0 Å². The molecular formula is C12H16F2N2O2. The molecule has 0 spiro atoms. The second-order valence-electron chi connectivity index (χ2n) is 4.28. The van der Waals surface area contributed by atoms with E-state index in [0.717, 1.165) is 12.1 Å². The zero-order valence-corrected chi connectivity index (χ0v) is 10.3. The van der Waals surface area contributed by atoms with Gasteiger partial charge in [-0.2, -0.15) is 0 Å². The second kappa shape index (κ2) is 5.77. The topological polar surface area (TPSA) is 61.4 Å². The summed E-state index contributed by atoms with van der Waals surface area (Å²) in [5, 5.41) is 13.9. The minimum absolute atomic E-state index is 0.120. The number of anilines is 1. The minimum atomic E-state index is -0.854. The molecule has 0 radical (unpaired) electrons. The van der Waals surface area contributed by atoms with Gasteiger partial charge in [0.2, 0.25) is 0 Å². The maximum atomic E-state index is 13.3. The van der Waals surface area contributed by atoms with Crippen LogP contribution in [-0.4, -0.2) is 23.3 Å². The van der Waals surface area contributed by atoms with Gasteiger partial charge in [-0.05, 0) is 25.5 Å². The van der Waals surface area contributed by atoms with Crippen molar-refractivity contribution in [1.82, 2.24) is 5.32 Å². The van der Waals surface area contributed by atoms with Crippen LogP contribution in [0.25, 0.3) is 0 Å². The fourth-order valence-electron chi connectivity index (χ4n) is 1.26. The number of urea groups is 1. The summed E-state index contributed by atoms with van der Waals surface area (Å²) < 4.78 is 25.9. The van der Waals surface area contributed by atoms with Gasteiger partial charge in [0.15, 0.2) is 0 Å². The standard InChI is InChI=1S/C12H16F2N2O2/c1-3-12(2,7-17)16-11(18)15-10-5-4-8(13)6-9(10)14/h4-6,17H,3,7H2,1-2H3,(H2,15,16,18). The molecule has 0 bridgehead atoms. The summed E-state index contributed by atoms with van der Waals surface area (Å²) >= 11 is 0. The second-order valence-corrected chi connectivity index (χ2v) is 4.28. The molecule has 0 fully saturated rings. The van der Waals surface area contributed by atoms with Crippen molar-refractivity contribution >= 4 is 11.7 Å². The Morgan fingerprint density at radius 3 is 2.61 bits per heavy atom. The van der Waals surface area contributed by atoms with Gasteiger partial charge in [-0.15, -0.1) is 0 Å². The molecule has 3 N–H and O–H groups in total. The first-order chi connectivity index (χ1) is 8.40. The van der Waals surface area contributed by atoms with E-state index in [1.807, 2.05) is 0 Å². The lowest BCUT2D eigenvalue weighted by Gasteiger charge is -2.27. The van der Waals surface area contributed by atoms with E-state index in [1.165, 1.54) is 0 Å². The molecule has 0 heterocycles. The zero-order chi connectivity index (χ0) is 13.8. The molecule has 4 nitrogen and oxygen atoms in total. The Morgan fingerprint density at radius 1 is 1.44 bits per heavy atom. The number of aliphatic hydroxyl groups excluding tert-OH is 1. The largest absolute Gasteiger partial charge is 0.394 e. The lowest BCUT2D eigenvalue weighted by Crippen LogP contribution is -2.50. The Kier molecular flexibility index (Phi) is 4.61. The smallest absolute Gasteiger partial charge is 0.319 e. The number of aliphatic hydroxyl groups is 1. The van der Waals surface area contributed by atoms with Crippen molar-refractivity contribution in [2.45, 2.75) is 25.8 Å². The molecule has 1 unspecified atom stereocenters. The summed E-state index contributed by atoms with van der Waals surface area (Å²) in [6, 6.07) is 2.20. The molecule has 0 aliphatic rings. The highest BCUT2D eigenvalue weighted by Gasteiger charge is 2.23. The molecule has 1 rings (SSSR count). The third kappa shape index (κ3) is 3.66. The quantitative estimate of drug-likeness (QED) is 0.775. The van der Waals surface area contributed by atoms with E-state index in [2.05, 4.69) is 10.6 Å². The summed E-state index contributed by atoms with van der Waals surface area (Å²) in [7, 11) is 0. The number of carbonyl (C=O) groups excluding carboxylic acids is 1. The third-order valence-corrected chi connectivity index (χ3v) is 2.72. The Hall–Kier alpha value is -1.69. The number of hydrogen-bond acceptors (Lipinski definition) is 2. The first-order valence-corrected chi connectivity index (χ1v) is 5.55. The molecule has 0 aliphatic carbocycles. The minimum Gasteiger partial charge on any atom is -0.394 e. The van der Waals surface area contributed by atoms with Crippen LogP contribution in [0.4, 0.5) is 19.3 Å². The van der Waals surface area contributed by atoms with Crippen LogP contribution in [0.2, 0.25) is 0 Å². The normalized spacial score (nSPS) is 13.8. The molecule has 2 amide bonds. The Morgan fingerprint density at radius 2 is 2.11 bits per heavy atom. The molecule has 0 saturated carbocycles. The lowest BCUT2D eigenvalue weighted by molar-refractivity contribution is 0.172. The summed E-state index contributed by atoms with van der Waals surface area (Å²) in [4.78, 5) is 11.6. The van der Waals surface area contributed by atoms with E-state index >= 15 is 0 Å². The van der Waals surface area contributed by atoms with E-state index in [9.17, 15) is 13.6 Å². The zero-order valence-electron chi connectivity index (χ0n) is 10.3. The van der Waals surface area contributed by atoms with Crippen molar-refractivity contribution in [2.75, 3.05) is 11.9 Å². The van der Waals surface area contributed by atoms with Crippen LogP contribution < -0.4 is 10.6 Å². The van der Waals surface area contributed by atoms with Gasteiger partial charge in [0.05, 0.1) is 17.8 Å². The first kappa shape index (κ1) is 14.4. The average molecular weight is 258 g/mol. The number of carbonyl (C=O) groups is 1. The van der Waals surface area contributed by atoms with Crippen molar-refractivity contribution in [1.29, 1.82) is 0 Å². The van der Waals surface area contributed by atoms with Gasteiger partial charge < -0.3 is 15.7 Å². The predicted octanol–water partition coefficient (Wildman–Crippen LogP) is 2.25. The number of amides is 2. The highest BCUT2D eigenvalue weighted by molar-refractivity contribution is 5.89. The van der Waals surface area contributed by atoms with Crippen LogP contribution in [0.5, 0.6) is 0 Å². The summed E-state index contributed by atoms with van der Waals surface area (Å²) in [5.41, 5.74) is -0.897. The summed E-state index contributed by atoms with van der Waals surface area (Å²) in [6.07, 6.45) is 0.517. The van der Waals surface area contributed by atoms with Gasteiger partial charge in [0.1, 0.15) is 11.6 Å². The molecule has 100 valence electrons. The maximum Gasteiger partial charge on any atom is 0.319 e. The van der Waals surface area contributed by atoms with Crippen LogP contribution in [-0.2, 0) is 0 Å². The highest BCUT2D eigenvalue weighted by atomic mass is 19.1. The average Bonchev–Trinajstić information content (AvgIpc) is 2.32. The van der Waals surface area contributed by atoms with E-state index in [1.54, 1.807) is 13.8 Å². The summed E-state index contributed by atoms with van der Waals surface area (Å²) in [5.74, 6) is -1.57. The van der Waals surface area contributed by atoms with Crippen LogP contribution in [0.15, 0.2) is 18.2 Å². The van der Waals surface area contributed by atoms with Gasteiger partial charge in [-0.1, -0.05) is 6.92 Å². The van der Waals surface area contributed by atoms with Crippen molar-refractivity contribution < 1.29 is 18.7 Å². The Bertz CT molecular complexity index is 434. The molecular weight excluding hydrogens is 242 g/mol. The fraction of sp³-hybridized carbons (Fsp3) is 0.417. The van der Waals surface area contributed by atoms with E-state index in [0.29, 0.717) is 12.5 Å². The number of benzene rings is 1. The maximum absolute atomic E-state index is 13.3. The van der Waals surface area contributed by atoms with Crippen molar-refractivity contribution in [3.05, 3.63) is 29.8 Å². The van der Waals surface area contributed by atoms with Gasteiger partial charge in [0, 0.05) is 6.07 Å². The molecule has 18 heavy (non-hydrogen) atoms. The van der Waals surface area contributed by atoms with Crippen LogP contribution in [0.1, 0.15) is 20.3 Å². The van der Waals surface area contributed by atoms with Gasteiger partial charge >= 0.3 is 6.03 Å². The van der Waals surface area contributed by atoms with Crippen LogP contribution >= 0.6 is 0 Å². The molecule has 0 aromatic heterocycles. The van der Waals surface area contributed by atoms with E-state index < -0.39 is 23.2 Å². The predicted molar refractivity (Wildman–Crippen MR) is 64.3 cm³/mol. The van der Waals surface area contributed by atoms with Gasteiger partial charge in [-0.25, -0.2) is 13.6 Å². The SMILES string of the molecule is CCC(C)(CO)NC(=O)Nc1ccc(F)cc1F. The molecule has 1 atom stereocenters. The summed E-state index contributed by atoms with van der Waals surface area (Å²) in [6.45, 7) is 3.23. The van der Waals surface area contributed by atoms with E-state index in [4.69, 9.17) is 5.11 Å². The third-order valence-electron chi connectivity index (χ3n) is 2.72. The highest BCUT2D eigenvalue weighted by Crippen LogP contribution is 2.15. The molecule has 0 aliphatic heterocycles. The Balaban J connectivity index is 2.70.